The molecule has 1 aromatic carbocycles. The van der Waals surface area contributed by atoms with Gasteiger partial charge in [-0.1, -0.05) is 11.6 Å². The number of halogens is 1. The van der Waals surface area contributed by atoms with Gasteiger partial charge in [-0.2, -0.15) is 5.26 Å². The van der Waals surface area contributed by atoms with Gasteiger partial charge in [0, 0.05) is 24.7 Å². The number of Topliss-reactive ketones (excluding diaryl/α,β-unsaturated/α-hetero) is 1. The molecule has 0 bridgehead atoms. The zero-order chi connectivity index (χ0) is 13.9. The lowest BCUT2D eigenvalue weighted by Crippen LogP contribution is -2.34. The minimum Gasteiger partial charge on any atom is -0.347 e. The fourth-order valence-corrected chi connectivity index (χ4v) is 1.77. The van der Waals surface area contributed by atoms with E-state index in [1.165, 1.54) is 25.1 Å². The highest BCUT2D eigenvalue weighted by molar-refractivity contribution is 6.30. The summed E-state index contributed by atoms with van der Waals surface area (Å²) in [7, 11) is 3.02. The highest BCUT2D eigenvalue weighted by atomic mass is 35.5. The van der Waals surface area contributed by atoms with E-state index in [1.807, 2.05) is 0 Å². The Kier molecular flexibility index (Phi) is 4.46. The summed E-state index contributed by atoms with van der Waals surface area (Å²) < 4.78 is 0. The van der Waals surface area contributed by atoms with Gasteiger partial charge < -0.3 is 4.90 Å². The van der Waals surface area contributed by atoms with E-state index in [1.54, 1.807) is 25.1 Å². The summed E-state index contributed by atoms with van der Waals surface area (Å²) in [6.45, 7) is 1.72. The molecule has 1 unspecified atom stereocenters. The Morgan fingerprint density at radius 1 is 1.39 bits per heavy atom. The van der Waals surface area contributed by atoms with Crippen molar-refractivity contribution >= 4 is 23.3 Å². The minimum absolute atomic E-state index is 0.348. The first kappa shape index (κ1) is 14.2. The summed E-state index contributed by atoms with van der Waals surface area (Å²) in [6, 6.07) is 6.48. The van der Waals surface area contributed by atoms with Crippen LogP contribution < -0.4 is 0 Å². The molecular weight excluding hydrogens is 252 g/mol. The molecule has 0 saturated heterocycles. The number of hydrogen-bond acceptors (Lipinski definition) is 3. The lowest BCUT2D eigenvalue weighted by molar-refractivity contribution is -0.129. The van der Waals surface area contributed by atoms with E-state index >= 15 is 0 Å². The fraction of sp³-hybridized carbons (Fsp3) is 0.308. The average Bonchev–Trinajstić information content (AvgIpc) is 2.29. The minimum atomic E-state index is -1.31. The number of aryl methyl sites for hydroxylation is 1. The molecule has 0 N–H and O–H groups in total. The smallest absolute Gasteiger partial charge is 0.247 e. The highest BCUT2D eigenvalue weighted by Gasteiger charge is 2.29. The molecule has 1 rings (SSSR count). The Labute approximate surface area is 111 Å². The van der Waals surface area contributed by atoms with Crippen LogP contribution in [-0.2, 0) is 4.79 Å². The van der Waals surface area contributed by atoms with Crippen molar-refractivity contribution < 1.29 is 9.59 Å². The highest BCUT2D eigenvalue weighted by Crippen LogP contribution is 2.19. The van der Waals surface area contributed by atoms with Gasteiger partial charge in [-0.15, -0.1) is 0 Å². The summed E-state index contributed by atoms with van der Waals surface area (Å²) in [5.41, 5.74) is 1.00. The molecule has 1 aromatic rings. The number of benzene rings is 1. The van der Waals surface area contributed by atoms with Crippen molar-refractivity contribution in [3.05, 3.63) is 34.3 Å². The van der Waals surface area contributed by atoms with Crippen molar-refractivity contribution in [2.45, 2.75) is 6.92 Å². The van der Waals surface area contributed by atoms with Crippen LogP contribution in [0.4, 0.5) is 0 Å². The van der Waals surface area contributed by atoms with Crippen molar-refractivity contribution in [3.8, 4) is 6.07 Å². The molecule has 5 heteroatoms. The lowest BCUT2D eigenvalue weighted by Gasteiger charge is -2.15. The number of carbonyl (C=O) groups is 2. The molecule has 0 aromatic heterocycles. The van der Waals surface area contributed by atoms with Crippen molar-refractivity contribution in [1.82, 2.24) is 4.90 Å². The second-order valence-electron chi connectivity index (χ2n) is 4.12. The third kappa shape index (κ3) is 2.88. The van der Waals surface area contributed by atoms with Gasteiger partial charge in [0.1, 0.15) is 0 Å². The number of carbonyl (C=O) groups excluding carboxylic acids is 2. The summed E-state index contributed by atoms with van der Waals surface area (Å²) in [4.78, 5) is 25.1. The SMILES string of the molecule is Cc1cc(Cl)ccc1C(=O)C(C#N)C(=O)N(C)C. The van der Waals surface area contributed by atoms with Gasteiger partial charge >= 0.3 is 0 Å². The lowest BCUT2D eigenvalue weighted by atomic mass is 9.94. The van der Waals surface area contributed by atoms with Gasteiger partial charge in [0.05, 0.1) is 6.07 Å². The molecule has 94 valence electrons. The van der Waals surface area contributed by atoms with E-state index in [0.717, 1.165) is 0 Å². The average molecular weight is 265 g/mol. The molecule has 0 aliphatic carbocycles. The summed E-state index contributed by atoms with van der Waals surface area (Å²) in [5, 5.41) is 9.49. The summed E-state index contributed by atoms with van der Waals surface area (Å²) in [6.07, 6.45) is 0. The van der Waals surface area contributed by atoms with Gasteiger partial charge in [-0.05, 0) is 30.7 Å². The van der Waals surface area contributed by atoms with E-state index in [2.05, 4.69) is 0 Å². The molecule has 0 aliphatic rings. The van der Waals surface area contributed by atoms with Crippen LogP contribution in [-0.4, -0.2) is 30.7 Å². The molecule has 1 atom stereocenters. The predicted molar refractivity (Wildman–Crippen MR) is 68.3 cm³/mol. The number of amides is 1. The molecule has 0 spiro atoms. The standard InChI is InChI=1S/C13H13ClN2O2/c1-8-6-9(14)4-5-10(8)12(17)11(7-15)13(18)16(2)3/h4-6,11H,1-3H3. The molecule has 0 saturated carbocycles. The van der Waals surface area contributed by atoms with Crippen LogP contribution in [0.2, 0.25) is 5.02 Å². The van der Waals surface area contributed by atoms with Crippen LogP contribution in [0.1, 0.15) is 15.9 Å². The van der Waals surface area contributed by atoms with Crippen LogP contribution in [0, 0.1) is 24.2 Å². The Balaban J connectivity index is 3.13. The number of ketones is 1. The first-order valence-corrected chi connectivity index (χ1v) is 5.67. The van der Waals surface area contributed by atoms with E-state index in [9.17, 15) is 9.59 Å². The predicted octanol–water partition coefficient (Wildman–Crippen LogP) is 2.06. The molecular formula is C13H13ClN2O2. The van der Waals surface area contributed by atoms with Crippen LogP contribution in [0.5, 0.6) is 0 Å². The quantitative estimate of drug-likeness (QED) is 0.620. The van der Waals surface area contributed by atoms with E-state index < -0.39 is 17.6 Å². The third-order valence-corrected chi connectivity index (χ3v) is 2.77. The van der Waals surface area contributed by atoms with E-state index in [0.29, 0.717) is 16.1 Å². The number of hydrogen-bond donors (Lipinski definition) is 0. The van der Waals surface area contributed by atoms with Crippen LogP contribution >= 0.6 is 11.6 Å². The first-order chi connectivity index (χ1) is 8.38. The Morgan fingerprint density at radius 2 is 2.00 bits per heavy atom. The largest absolute Gasteiger partial charge is 0.347 e. The maximum Gasteiger partial charge on any atom is 0.247 e. The van der Waals surface area contributed by atoms with Crippen molar-refractivity contribution in [3.63, 3.8) is 0 Å². The number of rotatable bonds is 3. The third-order valence-electron chi connectivity index (χ3n) is 2.53. The van der Waals surface area contributed by atoms with Crippen molar-refractivity contribution in [2.75, 3.05) is 14.1 Å². The monoisotopic (exact) mass is 264 g/mol. The summed E-state index contributed by atoms with van der Waals surface area (Å²) >= 11 is 5.80. The zero-order valence-corrected chi connectivity index (χ0v) is 11.2. The Bertz CT molecular complexity index is 532. The molecule has 0 aliphatic heterocycles. The van der Waals surface area contributed by atoms with Gasteiger partial charge in [-0.3, -0.25) is 9.59 Å². The Hall–Kier alpha value is -1.86. The van der Waals surface area contributed by atoms with Gasteiger partial charge in [0.15, 0.2) is 11.7 Å². The second-order valence-corrected chi connectivity index (χ2v) is 4.55. The van der Waals surface area contributed by atoms with E-state index in [-0.39, 0.29) is 0 Å². The maximum atomic E-state index is 12.1. The second kappa shape index (κ2) is 5.65. The van der Waals surface area contributed by atoms with Crippen molar-refractivity contribution in [1.29, 1.82) is 5.26 Å². The maximum absolute atomic E-state index is 12.1. The van der Waals surface area contributed by atoms with E-state index in [4.69, 9.17) is 16.9 Å². The normalized spacial score (nSPS) is 11.5. The van der Waals surface area contributed by atoms with Gasteiger partial charge in [0.2, 0.25) is 5.91 Å². The molecule has 0 radical (unpaired) electrons. The first-order valence-electron chi connectivity index (χ1n) is 5.29. The summed E-state index contributed by atoms with van der Waals surface area (Å²) in [5.74, 6) is -2.32. The van der Waals surface area contributed by atoms with Crippen LogP contribution in [0.25, 0.3) is 0 Å². The number of nitriles is 1. The number of nitrogens with zero attached hydrogens (tertiary/aromatic N) is 2. The van der Waals surface area contributed by atoms with Crippen molar-refractivity contribution in [2.24, 2.45) is 5.92 Å². The topological polar surface area (TPSA) is 61.2 Å². The molecule has 4 nitrogen and oxygen atoms in total. The Morgan fingerprint density at radius 3 is 2.44 bits per heavy atom. The van der Waals surface area contributed by atoms with Crippen LogP contribution in [0.15, 0.2) is 18.2 Å². The zero-order valence-electron chi connectivity index (χ0n) is 10.4. The van der Waals surface area contributed by atoms with Crippen LogP contribution in [0.3, 0.4) is 0 Å². The molecule has 18 heavy (non-hydrogen) atoms. The molecule has 0 fully saturated rings. The molecule has 0 heterocycles. The van der Waals surface area contributed by atoms with Gasteiger partial charge in [0.25, 0.3) is 0 Å². The molecule has 1 amide bonds. The fourth-order valence-electron chi connectivity index (χ4n) is 1.54. The van der Waals surface area contributed by atoms with Gasteiger partial charge in [-0.25, -0.2) is 0 Å².